The summed E-state index contributed by atoms with van der Waals surface area (Å²) in [6.07, 6.45) is 6.19. The Hall–Kier alpha value is -0.600. The number of rotatable bonds is 11. The van der Waals surface area contributed by atoms with E-state index in [9.17, 15) is 4.79 Å². The minimum atomic E-state index is -0.571. The van der Waals surface area contributed by atoms with Crippen LogP contribution in [-0.2, 0) is 19.0 Å². The number of nitrogens with zero attached hydrogens (tertiary/aromatic N) is 1. The Morgan fingerprint density at radius 1 is 1.29 bits per heavy atom. The van der Waals surface area contributed by atoms with Gasteiger partial charge in [0.15, 0.2) is 0 Å². The average Bonchev–Trinajstić information content (AvgIpc) is 2.62. The van der Waals surface area contributed by atoms with Gasteiger partial charge in [0.1, 0.15) is 10.8 Å². The lowest BCUT2D eigenvalue weighted by molar-refractivity contribution is -0.312. The Labute approximate surface area is 151 Å². The largest absolute Gasteiger partial charge is 0.333 e. The summed E-state index contributed by atoms with van der Waals surface area (Å²) in [4.78, 5) is 16.2. The molecule has 1 aliphatic heterocycles. The molecule has 0 spiro atoms. The SMILES string of the molecule is COC1OCC(CC(=O)CCCCCSSc2ccccn2)CO1. The molecule has 0 unspecified atom stereocenters. The molecule has 2 rings (SSSR count). The Balaban J connectivity index is 1.43. The molecule has 0 aliphatic carbocycles. The van der Waals surface area contributed by atoms with Crippen molar-refractivity contribution in [3.05, 3.63) is 24.4 Å². The van der Waals surface area contributed by atoms with Gasteiger partial charge in [0, 0.05) is 37.8 Å². The van der Waals surface area contributed by atoms with E-state index in [1.54, 1.807) is 17.9 Å². The van der Waals surface area contributed by atoms with Crippen LogP contribution in [0.2, 0.25) is 0 Å². The zero-order valence-corrected chi connectivity index (χ0v) is 15.7. The van der Waals surface area contributed by atoms with E-state index < -0.39 is 6.48 Å². The van der Waals surface area contributed by atoms with Crippen LogP contribution in [0.15, 0.2) is 29.4 Å². The summed E-state index contributed by atoms with van der Waals surface area (Å²) in [5, 5.41) is 1.05. The fraction of sp³-hybridized carbons (Fsp3) is 0.647. The number of methoxy groups -OCH3 is 1. The third-order valence-corrected chi connectivity index (χ3v) is 5.96. The lowest BCUT2D eigenvalue weighted by Crippen LogP contribution is -2.34. The number of unbranched alkanes of at least 4 members (excludes halogenated alkanes) is 2. The predicted molar refractivity (Wildman–Crippen MR) is 96.8 cm³/mol. The maximum absolute atomic E-state index is 12.0. The van der Waals surface area contributed by atoms with E-state index in [2.05, 4.69) is 4.98 Å². The Morgan fingerprint density at radius 3 is 2.83 bits per heavy atom. The van der Waals surface area contributed by atoms with Crippen LogP contribution < -0.4 is 0 Å². The first kappa shape index (κ1) is 19.7. The van der Waals surface area contributed by atoms with Crippen LogP contribution in [0, 0.1) is 5.92 Å². The first-order valence-electron chi connectivity index (χ1n) is 8.26. The number of carbonyl (C=O) groups is 1. The molecule has 0 saturated carbocycles. The second kappa shape index (κ2) is 11.9. The molecule has 0 atom stereocenters. The minimum absolute atomic E-state index is 0.161. The van der Waals surface area contributed by atoms with Crippen LogP contribution in [0.25, 0.3) is 0 Å². The van der Waals surface area contributed by atoms with Gasteiger partial charge < -0.3 is 14.2 Å². The van der Waals surface area contributed by atoms with Gasteiger partial charge in [-0.15, -0.1) is 0 Å². The third-order valence-electron chi connectivity index (χ3n) is 3.61. The Kier molecular flexibility index (Phi) is 9.75. The van der Waals surface area contributed by atoms with Gasteiger partial charge >= 0.3 is 0 Å². The van der Waals surface area contributed by atoms with E-state index in [0.29, 0.717) is 31.8 Å². The van der Waals surface area contributed by atoms with E-state index >= 15 is 0 Å². The molecule has 0 N–H and O–H groups in total. The standard InChI is InChI=1S/C17H25NO4S2/c1-20-17-21-12-14(13-22-17)11-15(19)7-3-2-6-10-23-24-16-8-4-5-9-18-16/h4-5,8-9,14,17H,2-3,6-7,10-13H2,1H3. The van der Waals surface area contributed by atoms with Crippen molar-refractivity contribution < 1.29 is 19.0 Å². The lowest BCUT2D eigenvalue weighted by Gasteiger charge is -2.27. The van der Waals surface area contributed by atoms with E-state index in [1.807, 2.05) is 35.2 Å². The van der Waals surface area contributed by atoms with Gasteiger partial charge in [-0.2, -0.15) is 0 Å². The summed E-state index contributed by atoms with van der Waals surface area (Å²) in [6.45, 7) is 0.495. The van der Waals surface area contributed by atoms with Gasteiger partial charge in [0.25, 0.3) is 6.48 Å². The predicted octanol–water partition coefficient (Wildman–Crippen LogP) is 3.93. The van der Waals surface area contributed by atoms with Crippen LogP contribution >= 0.6 is 21.6 Å². The molecule has 0 aromatic carbocycles. The Morgan fingerprint density at radius 2 is 2.12 bits per heavy atom. The van der Waals surface area contributed by atoms with Crippen LogP contribution in [-0.4, -0.2) is 43.3 Å². The fourth-order valence-corrected chi connectivity index (χ4v) is 4.39. The molecule has 5 nitrogen and oxygen atoms in total. The first-order chi connectivity index (χ1) is 11.8. The highest BCUT2D eigenvalue weighted by atomic mass is 33.1. The molecule has 1 aromatic heterocycles. The number of carbonyl (C=O) groups excluding carboxylic acids is 1. The minimum Gasteiger partial charge on any atom is -0.333 e. The van der Waals surface area contributed by atoms with Crippen LogP contribution in [0.3, 0.4) is 0 Å². The van der Waals surface area contributed by atoms with E-state index in [-0.39, 0.29) is 5.92 Å². The third kappa shape index (κ3) is 7.98. The topological polar surface area (TPSA) is 57.7 Å². The van der Waals surface area contributed by atoms with Gasteiger partial charge in [0.2, 0.25) is 0 Å². The van der Waals surface area contributed by atoms with Crippen molar-refractivity contribution in [1.82, 2.24) is 4.98 Å². The lowest BCUT2D eigenvalue weighted by atomic mass is 10.0. The molecule has 1 saturated heterocycles. The molecule has 1 aromatic rings. The van der Waals surface area contributed by atoms with Crippen LogP contribution in [0.1, 0.15) is 32.1 Å². The monoisotopic (exact) mass is 371 g/mol. The summed E-state index contributed by atoms with van der Waals surface area (Å²) in [6, 6.07) is 5.94. The van der Waals surface area contributed by atoms with Crippen molar-refractivity contribution in [1.29, 1.82) is 0 Å². The summed E-state index contributed by atoms with van der Waals surface area (Å²) >= 11 is 0. The molecule has 2 heterocycles. The number of pyridine rings is 1. The average molecular weight is 372 g/mol. The number of ketones is 1. The molecular weight excluding hydrogens is 346 g/mol. The smallest absolute Gasteiger partial charge is 0.271 e. The van der Waals surface area contributed by atoms with Crippen molar-refractivity contribution in [2.45, 2.75) is 43.6 Å². The van der Waals surface area contributed by atoms with Gasteiger partial charge in [-0.3, -0.25) is 4.79 Å². The van der Waals surface area contributed by atoms with Crippen molar-refractivity contribution >= 4 is 27.4 Å². The maximum Gasteiger partial charge on any atom is 0.271 e. The molecule has 0 radical (unpaired) electrons. The highest BCUT2D eigenvalue weighted by molar-refractivity contribution is 8.76. The zero-order chi connectivity index (χ0) is 17.0. The van der Waals surface area contributed by atoms with E-state index in [0.717, 1.165) is 30.0 Å². The first-order valence-corrected chi connectivity index (χ1v) is 10.6. The molecule has 0 bridgehead atoms. The van der Waals surface area contributed by atoms with Crippen molar-refractivity contribution in [2.75, 3.05) is 26.1 Å². The quantitative estimate of drug-likeness (QED) is 0.431. The Bertz CT molecular complexity index is 467. The van der Waals surface area contributed by atoms with Gasteiger partial charge in [-0.05, 0) is 35.8 Å². The van der Waals surface area contributed by atoms with Gasteiger partial charge in [-0.25, -0.2) is 4.98 Å². The highest BCUT2D eigenvalue weighted by Gasteiger charge is 2.23. The van der Waals surface area contributed by atoms with Crippen LogP contribution in [0.4, 0.5) is 0 Å². The summed E-state index contributed by atoms with van der Waals surface area (Å²) < 4.78 is 15.6. The summed E-state index contributed by atoms with van der Waals surface area (Å²) in [5.41, 5.74) is 0. The van der Waals surface area contributed by atoms with Crippen LogP contribution in [0.5, 0.6) is 0 Å². The number of hydrogen-bond acceptors (Lipinski definition) is 7. The number of aromatic nitrogens is 1. The van der Waals surface area contributed by atoms with Crippen molar-refractivity contribution in [3.63, 3.8) is 0 Å². The van der Waals surface area contributed by atoms with E-state index in [1.165, 1.54) is 0 Å². The molecular formula is C17H25NO4S2. The molecule has 1 fully saturated rings. The molecule has 7 heteroatoms. The second-order valence-corrected chi connectivity index (χ2v) is 8.12. The molecule has 134 valence electrons. The molecule has 24 heavy (non-hydrogen) atoms. The summed E-state index contributed by atoms with van der Waals surface area (Å²) in [5.74, 6) is 1.55. The molecule has 0 amide bonds. The van der Waals surface area contributed by atoms with E-state index in [4.69, 9.17) is 14.2 Å². The van der Waals surface area contributed by atoms with Crippen molar-refractivity contribution in [2.24, 2.45) is 5.92 Å². The fourth-order valence-electron chi connectivity index (χ4n) is 2.36. The van der Waals surface area contributed by atoms with Gasteiger partial charge in [-0.1, -0.05) is 23.3 Å². The second-order valence-electron chi connectivity index (χ2n) is 5.68. The van der Waals surface area contributed by atoms with Crippen molar-refractivity contribution in [3.8, 4) is 0 Å². The number of ether oxygens (including phenoxy) is 3. The maximum atomic E-state index is 12.0. The summed E-state index contributed by atoms with van der Waals surface area (Å²) in [7, 11) is 5.08. The highest BCUT2D eigenvalue weighted by Crippen LogP contribution is 2.29. The van der Waals surface area contributed by atoms with Gasteiger partial charge in [0.05, 0.1) is 13.2 Å². The number of hydrogen-bond donors (Lipinski definition) is 0. The molecule has 1 aliphatic rings. The number of Topliss-reactive ketones (excluding diaryl/α,β-unsaturated/α-hetero) is 1. The normalized spacial score (nSPS) is 20.9. The zero-order valence-electron chi connectivity index (χ0n) is 14.0.